The second-order valence-electron chi connectivity index (χ2n) is 6.12. The van der Waals surface area contributed by atoms with Gasteiger partial charge in [0.05, 0.1) is 7.11 Å². The van der Waals surface area contributed by atoms with Crippen LogP contribution in [0.1, 0.15) is 26.7 Å². The number of likely N-dealkylation sites (tertiary alicyclic amines) is 1. The van der Waals surface area contributed by atoms with Gasteiger partial charge in [-0.25, -0.2) is 0 Å². The van der Waals surface area contributed by atoms with Gasteiger partial charge < -0.3 is 20.1 Å². The molecule has 0 spiro atoms. The average Bonchev–Trinajstić information content (AvgIpc) is 2.53. The Labute approximate surface area is 128 Å². The van der Waals surface area contributed by atoms with Gasteiger partial charge in [0.2, 0.25) is 0 Å². The van der Waals surface area contributed by atoms with Crippen LogP contribution in [-0.4, -0.2) is 43.8 Å². The normalized spacial score (nSPS) is 18.7. The molecule has 1 heterocycles. The van der Waals surface area contributed by atoms with Gasteiger partial charge in [0.1, 0.15) is 18.1 Å². The van der Waals surface area contributed by atoms with E-state index in [9.17, 15) is 0 Å². The second-order valence-corrected chi connectivity index (χ2v) is 6.12. The molecular formula is C17H28N2O2. The molecule has 1 saturated heterocycles. The summed E-state index contributed by atoms with van der Waals surface area (Å²) >= 11 is 0. The molecule has 1 fully saturated rings. The fourth-order valence-corrected chi connectivity index (χ4v) is 2.88. The van der Waals surface area contributed by atoms with E-state index in [0.717, 1.165) is 24.6 Å². The van der Waals surface area contributed by atoms with Crippen LogP contribution in [0, 0.1) is 5.92 Å². The van der Waals surface area contributed by atoms with E-state index in [1.165, 1.54) is 12.8 Å². The van der Waals surface area contributed by atoms with Crippen molar-refractivity contribution in [1.29, 1.82) is 0 Å². The molecule has 21 heavy (non-hydrogen) atoms. The molecule has 1 aliphatic rings. The zero-order chi connectivity index (χ0) is 15.2. The zero-order valence-corrected chi connectivity index (χ0v) is 13.4. The summed E-state index contributed by atoms with van der Waals surface area (Å²) in [5.74, 6) is 2.20. The number of hydrogen-bond donors (Lipinski definition) is 1. The second kappa shape index (κ2) is 7.66. The Bertz CT molecular complexity index is 429. The first-order valence-electron chi connectivity index (χ1n) is 7.86. The smallest absolute Gasteiger partial charge is 0.123 e. The molecule has 2 N–H and O–H groups in total. The van der Waals surface area contributed by atoms with Gasteiger partial charge >= 0.3 is 0 Å². The van der Waals surface area contributed by atoms with Crippen LogP contribution in [0.25, 0.3) is 0 Å². The Morgan fingerprint density at radius 2 is 1.90 bits per heavy atom. The number of benzene rings is 1. The minimum atomic E-state index is 0.102. The predicted molar refractivity (Wildman–Crippen MR) is 85.9 cm³/mol. The SMILES string of the molecule is COc1cccc(OCC(N)C2CCN(C(C)C)CC2)c1. The van der Waals surface area contributed by atoms with Crippen LogP contribution in [-0.2, 0) is 0 Å². The van der Waals surface area contributed by atoms with Crippen LogP contribution >= 0.6 is 0 Å². The molecule has 1 aromatic carbocycles. The summed E-state index contributed by atoms with van der Waals surface area (Å²) in [5, 5.41) is 0. The summed E-state index contributed by atoms with van der Waals surface area (Å²) in [4.78, 5) is 2.52. The molecule has 1 unspecified atom stereocenters. The number of nitrogens with zero attached hydrogens (tertiary/aromatic N) is 1. The van der Waals surface area contributed by atoms with Crippen molar-refractivity contribution in [3.8, 4) is 11.5 Å². The molecule has 2 rings (SSSR count). The van der Waals surface area contributed by atoms with Gasteiger partial charge in [-0.05, 0) is 57.8 Å². The maximum absolute atomic E-state index is 6.31. The Hall–Kier alpha value is -1.26. The summed E-state index contributed by atoms with van der Waals surface area (Å²) < 4.78 is 11.0. The molecule has 1 atom stereocenters. The van der Waals surface area contributed by atoms with E-state index in [0.29, 0.717) is 18.6 Å². The standard InChI is InChI=1S/C17H28N2O2/c1-13(2)19-9-7-14(8-10-19)17(18)12-21-16-6-4-5-15(11-16)20-3/h4-6,11,13-14,17H,7-10,12,18H2,1-3H3. The number of methoxy groups -OCH3 is 1. The van der Waals surface area contributed by atoms with Crippen molar-refractivity contribution in [1.82, 2.24) is 4.90 Å². The first-order chi connectivity index (χ1) is 10.1. The van der Waals surface area contributed by atoms with Gasteiger partial charge in [-0.3, -0.25) is 0 Å². The molecule has 0 bridgehead atoms. The minimum absolute atomic E-state index is 0.102. The maximum atomic E-state index is 6.31. The molecule has 0 saturated carbocycles. The number of ether oxygens (including phenoxy) is 2. The summed E-state index contributed by atoms with van der Waals surface area (Å²) in [6.45, 7) is 7.38. The molecular weight excluding hydrogens is 264 g/mol. The van der Waals surface area contributed by atoms with Crippen molar-refractivity contribution in [2.75, 3.05) is 26.8 Å². The molecule has 0 amide bonds. The van der Waals surface area contributed by atoms with Crippen LogP contribution < -0.4 is 15.2 Å². The lowest BCUT2D eigenvalue weighted by Crippen LogP contribution is -2.45. The Balaban J connectivity index is 1.78. The number of hydrogen-bond acceptors (Lipinski definition) is 4. The first kappa shape index (κ1) is 16.1. The van der Waals surface area contributed by atoms with Crippen molar-refractivity contribution in [2.45, 2.75) is 38.8 Å². The van der Waals surface area contributed by atoms with Crippen LogP contribution in [0.15, 0.2) is 24.3 Å². The lowest BCUT2D eigenvalue weighted by Gasteiger charge is -2.36. The topological polar surface area (TPSA) is 47.7 Å². The van der Waals surface area contributed by atoms with Gasteiger partial charge in [0.15, 0.2) is 0 Å². The Kier molecular flexibility index (Phi) is 5.88. The predicted octanol–water partition coefficient (Wildman–Crippen LogP) is 2.52. The molecule has 4 heteroatoms. The summed E-state index contributed by atoms with van der Waals surface area (Å²) in [7, 11) is 1.66. The number of nitrogens with two attached hydrogens (primary N) is 1. The van der Waals surface area contributed by atoms with E-state index in [4.69, 9.17) is 15.2 Å². The lowest BCUT2D eigenvalue weighted by atomic mass is 9.90. The van der Waals surface area contributed by atoms with Crippen LogP contribution in [0.4, 0.5) is 0 Å². The van der Waals surface area contributed by atoms with Gasteiger partial charge in [-0.15, -0.1) is 0 Å². The fourth-order valence-electron chi connectivity index (χ4n) is 2.88. The molecule has 1 aromatic rings. The van der Waals surface area contributed by atoms with Gasteiger partial charge in [0, 0.05) is 18.2 Å². The van der Waals surface area contributed by atoms with Crippen molar-refractivity contribution in [2.24, 2.45) is 11.7 Å². The zero-order valence-electron chi connectivity index (χ0n) is 13.4. The summed E-state index contributed by atoms with van der Waals surface area (Å²) in [5.41, 5.74) is 6.31. The Morgan fingerprint density at radius 1 is 1.24 bits per heavy atom. The molecule has 4 nitrogen and oxygen atoms in total. The van der Waals surface area contributed by atoms with Crippen molar-refractivity contribution < 1.29 is 9.47 Å². The number of rotatable bonds is 6. The molecule has 0 aromatic heterocycles. The third-order valence-electron chi connectivity index (χ3n) is 4.39. The van der Waals surface area contributed by atoms with E-state index in [-0.39, 0.29) is 6.04 Å². The van der Waals surface area contributed by atoms with Crippen LogP contribution in [0.2, 0.25) is 0 Å². The van der Waals surface area contributed by atoms with Gasteiger partial charge in [-0.2, -0.15) is 0 Å². The Morgan fingerprint density at radius 3 is 2.52 bits per heavy atom. The van der Waals surface area contributed by atoms with Gasteiger partial charge in [0.25, 0.3) is 0 Å². The van der Waals surface area contributed by atoms with Crippen molar-refractivity contribution in [3.05, 3.63) is 24.3 Å². The monoisotopic (exact) mass is 292 g/mol. The van der Waals surface area contributed by atoms with E-state index in [1.54, 1.807) is 7.11 Å². The average molecular weight is 292 g/mol. The van der Waals surface area contributed by atoms with Crippen molar-refractivity contribution in [3.63, 3.8) is 0 Å². The highest BCUT2D eigenvalue weighted by Crippen LogP contribution is 2.23. The highest BCUT2D eigenvalue weighted by molar-refractivity contribution is 5.32. The van der Waals surface area contributed by atoms with Crippen LogP contribution in [0.5, 0.6) is 11.5 Å². The third kappa shape index (κ3) is 4.61. The van der Waals surface area contributed by atoms with Gasteiger partial charge in [-0.1, -0.05) is 6.07 Å². The first-order valence-corrected chi connectivity index (χ1v) is 7.86. The largest absolute Gasteiger partial charge is 0.497 e. The quantitative estimate of drug-likeness (QED) is 0.875. The molecule has 0 aliphatic carbocycles. The third-order valence-corrected chi connectivity index (χ3v) is 4.39. The summed E-state index contributed by atoms with van der Waals surface area (Å²) in [6, 6.07) is 8.42. The summed E-state index contributed by atoms with van der Waals surface area (Å²) in [6.07, 6.45) is 2.33. The number of piperidine rings is 1. The van der Waals surface area contributed by atoms with E-state index < -0.39 is 0 Å². The van der Waals surface area contributed by atoms with Crippen LogP contribution in [0.3, 0.4) is 0 Å². The maximum Gasteiger partial charge on any atom is 0.123 e. The molecule has 0 radical (unpaired) electrons. The highest BCUT2D eigenvalue weighted by atomic mass is 16.5. The van der Waals surface area contributed by atoms with E-state index in [2.05, 4.69) is 18.7 Å². The highest BCUT2D eigenvalue weighted by Gasteiger charge is 2.25. The lowest BCUT2D eigenvalue weighted by molar-refractivity contribution is 0.123. The fraction of sp³-hybridized carbons (Fsp3) is 0.647. The molecule has 118 valence electrons. The van der Waals surface area contributed by atoms with E-state index in [1.807, 2.05) is 24.3 Å². The minimum Gasteiger partial charge on any atom is -0.497 e. The molecule has 1 aliphatic heterocycles. The van der Waals surface area contributed by atoms with Crippen molar-refractivity contribution >= 4 is 0 Å². The van der Waals surface area contributed by atoms with E-state index >= 15 is 0 Å².